The van der Waals surface area contributed by atoms with Gasteiger partial charge in [0.15, 0.2) is 0 Å². The number of imidazole rings is 1. The van der Waals surface area contributed by atoms with Crippen LogP contribution in [0.2, 0.25) is 0 Å². The van der Waals surface area contributed by atoms with Crippen molar-refractivity contribution in [2.75, 3.05) is 6.54 Å². The van der Waals surface area contributed by atoms with Crippen LogP contribution in [0.25, 0.3) is 21.7 Å². The Morgan fingerprint density at radius 3 is 2.06 bits per heavy atom. The van der Waals surface area contributed by atoms with E-state index >= 15 is 0 Å². The van der Waals surface area contributed by atoms with E-state index in [4.69, 9.17) is 11.5 Å². The molecule has 368 valence electrons. The summed E-state index contributed by atoms with van der Waals surface area (Å²) in [4.78, 5) is 106. The van der Waals surface area contributed by atoms with Crippen LogP contribution in [0.4, 0.5) is 0 Å². The van der Waals surface area contributed by atoms with Gasteiger partial charge in [-0.15, -0.1) is 0 Å². The summed E-state index contributed by atoms with van der Waals surface area (Å²) in [5.41, 5.74) is 14.7. The van der Waals surface area contributed by atoms with Gasteiger partial charge in [0.1, 0.15) is 30.2 Å². The van der Waals surface area contributed by atoms with Crippen molar-refractivity contribution in [2.45, 2.75) is 101 Å². The summed E-state index contributed by atoms with van der Waals surface area (Å²) >= 11 is 0. The SMILES string of the molecule is CC(N)C(=O)NC(Cc1cnc[nH]1)C(=O)NC(C(=O)NC(C)C(=O)N[C@H](CC(=O)NC(Cc1ccccc1)C(=O)N[C@@H](CCCCN)C(=O)O)Cc1c[nH]c2ccccc12)c1ccc2ccccc2c1. The predicted octanol–water partition coefficient (Wildman–Crippen LogP) is 2.32. The molecule has 2 heterocycles. The van der Waals surface area contributed by atoms with Gasteiger partial charge < -0.3 is 58.4 Å². The number of carbonyl (C=O) groups excluding carboxylic acids is 6. The number of benzene rings is 4. The van der Waals surface area contributed by atoms with Gasteiger partial charge in [0, 0.05) is 54.3 Å². The van der Waals surface area contributed by atoms with E-state index in [0.29, 0.717) is 36.2 Å². The highest BCUT2D eigenvalue weighted by Gasteiger charge is 2.33. The fourth-order valence-corrected chi connectivity index (χ4v) is 8.05. The second-order valence-electron chi connectivity index (χ2n) is 17.4. The zero-order chi connectivity index (χ0) is 50.2. The topological polar surface area (TPSA) is 308 Å². The lowest BCUT2D eigenvalue weighted by atomic mass is 9.99. The molecule has 0 aliphatic rings. The molecule has 19 heteroatoms. The summed E-state index contributed by atoms with van der Waals surface area (Å²) in [6.07, 6.45) is 5.79. The number of aromatic amines is 2. The molecule has 2 aromatic heterocycles. The zero-order valence-electron chi connectivity index (χ0n) is 39.1. The number of nitrogens with zero attached hydrogens (tertiary/aromatic N) is 1. The van der Waals surface area contributed by atoms with Crippen LogP contribution in [0.3, 0.4) is 0 Å². The van der Waals surface area contributed by atoms with E-state index in [9.17, 15) is 38.7 Å². The van der Waals surface area contributed by atoms with Crippen molar-refractivity contribution in [3.8, 4) is 0 Å². The van der Waals surface area contributed by atoms with Gasteiger partial charge in [0.05, 0.1) is 12.4 Å². The van der Waals surface area contributed by atoms with Crippen molar-refractivity contribution in [1.29, 1.82) is 0 Å². The molecule has 70 heavy (non-hydrogen) atoms. The number of fused-ring (bicyclic) bond motifs is 2. The van der Waals surface area contributed by atoms with Crippen LogP contribution in [-0.2, 0) is 52.8 Å². The summed E-state index contributed by atoms with van der Waals surface area (Å²) in [6.45, 7) is 3.30. The molecular weight excluding hydrogens is 895 g/mol. The van der Waals surface area contributed by atoms with Crippen LogP contribution in [0, 0.1) is 0 Å². The molecule has 0 bridgehead atoms. The molecule has 19 nitrogen and oxygen atoms in total. The Labute approximate surface area is 404 Å². The third-order valence-corrected chi connectivity index (χ3v) is 11.8. The van der Waals surface area contributed by atoms with Gasteiger partial charge in [0.25, 0.3) is 0 Å². The first-order chi connectivity index (χ1) is 33.7. The van der Waals surface area contributed by atoms with Gasteiger partial charge in [-0.05, 0) is 85.7 Å². The molecule has 13 N–H and O–H groups in total. The lowest BCUT2D eigenvalue weighted by Gasteiger charge is -2.26. The Bertz CT molecular complexity index is 2740. The molecule has 0 spiro atoms. The van der Waals surface area contributed by atoms with E-state index in [0.717, 1.165) is 27.2 Å². The van der Waals surface area contributed by atoms with Gasteiger partial charge in [-0.25, -0.2) is 9.78 Å². The van der Waals surface area contributed by atoms with Crippen LogP contribution in [0.5, 0.6) is 0 Å². The van der Waals surface area contributed by atoms with Crippen molar-refractivity contribution >= 4 is 63.1 Å². The Hall–Kier alpha value is -7.90. The number of carboxylic acids is 1. The molecule has 7 atom stereocenters. The van der Waals surface area contributed by atoms with E-state index in [2.05, 4.69) is 46.9 Å². The second kappa shape index (κ2) is 24.9. The fraction of sp³-hybridized carbons (Fsp3) is 0.333. The standard InChI is InChI=1S/C51H61N11O8/c1-30(53)46(64)61-43(25-38-28-54-29-56-38)49(67)62-45(35-20-19-33-14-6-7-15-34(33)23-35)50(68)57-31(2)47(65)58-37(24-36-27-55-40-17-9-8-16-39(36)40)26-44(63)59-42(22-32-12-4-3-5-13-32)48(66)60-41(51(69)70)18-10-11-21-52/h3-9,12-17,19-20,23,27-31,37,41-43,45,55H,10-11,18,21-22,24-26,52-53H2,1-2H3,(H,54,56)(H,57,68)(H,58,65)(H,59,63)(H,60,66)(H,61,64)(H,62,67)(H,69,70)/t30?,31?,37-,41-,42?,43?,45?/m0/s1. The van der Waals surface area contributed by atoms with Crippen molar-refractivity contribution in [2.24, 2.45) is 11.5 Å². The van der Waals surface area contributed by atoms with Crippen molar-refractivity contribution in [1.82, 2.24) is 46.9 Å². The number of carbonyl (C=O) groups is 7. The maximum atomic E-state index is 14.4. The number of hydrogen-bond acceptors (Lipinski definition) is 10. The molecule has 0 radical (unpaired) electrons. The zero-order valence-corrected chi connectivity index (χ0v) is 39.1. The average Bonchev–Trinajstić information content (AvgIpc) is 4.02. The maximum Gasteiger partial charge on any atom is 0.326 e. The lowest BCUT2D eigenvalue weighted by Crippen LogP contribution is -2.56. The van der Waals surface area contributed by atoms with Gasteiger partial charge in [-0.2, -0.15) is 0 Å². The minimum Gasteiger partial charge on any atom is -0.480 e. The molecule has 4 aromatic carbocycles. The Kier molecular flexibility index (Phi) is 18.3. The second-order valence-corrected chi connectivity index (χ2v) is 17.4. The molecule has 5 unspecified atom stereocenters. The van der Waals surface area contributed by atoms with Crippen molar-refractivity contribution < 1.29 is 38.7 Å². The number of rotatable bonds is 25. The third-order valence-electron chi connectivity index (χ3n) is 11.8. The summed E-state index contributed by atoms with van der Waals surface area (Å²) < 4.78 is 0. The van der Waals surface area contributed by atoms with Gasteiger partial charge in [0.2, 0.25) is 35.4 Å². The number of hydrogen-bond donors (Lipinski definition) is 11. The number of nitrogens with two attached hydrogens (primary N) is 2. The molecule has 0 aliphatic carbocycles. The monoisotopic (exact) mass is 955 g/mol. The number of unbranched alkanes of at least 4 members (excludes halogenated alkanes) is 1. The van der Waals surface area contributed by atoms with E-state index in [1.54, 1.807) is 48.7 Å². The summed E-state index contributed by atoms with van der Waals surface area (Å²) in [7, 11) is 0. The number of nitrogens with one attached hydrogen (secondary N) is 8. The highest BCUT2D eigenvalue weighted by atomic mass is 16.4. The molecular formula is C51H61N11O8. The number of aliphatic carboxylic acids is 1. The quantitative estimate of drug-likeness (QED) is 0.0370. The minimum absolute atomic E-state index is 0.00365. The third kappa shape index (κ3) is 14.6. The number of amides is 6. The predicted molar refractivity (Wildman–Crippen MR) is 263 cm³/mol. The normalized spacial score (nSPS) is 14.2. The average molecular weight is 956 g/mol. The lowest BCUT2D eigenvalue weighted by molar-refractivity contribution is -0.142. The van der Waals surface area contributed by atoms with E-state index < -0.39 is 83.7 Å². The number of carboxylic acid groups (broad SMARTS) is 1. The van der Waals surface area contributed by atoms with E-state index in [1.165, 1.54) is 26.4 Å². The molecule has 6 rings (SSSR count). The van der Waals surface area contributed by atoms with Crippen molar-refractivity contribution in [3.05, 3.63) is 138 Å². The van der Waals surface area contributed by atoms with E-state index in [-0.39, 0.29) is 32.1 Å². The fourth-order valence-electron chi connectivity index (χ4n) is 8.05. The first-order valence-electron chi connectivity index (χ1n) is 23.2. The van der Waals surface area contributed by atoms with Gasteiger partial charge in [-0.3, -0.25) is 28.8 Å². The van der Waals surface area contributed by atoms with Crippen LogP contribution < -0.4 is 43.4 Å². The first-order valence-corrected chi connectivity index (χ1v) is 23.2. The van der Waals surface area contributed by atoms with Crippen molar-refractivity contribution in [3.63, 3.8) is 0 Å². The van der Waals surface area contributed by atoms with Gasteiger partial charge >= 0.3 is 5.97 Å². The highest BCUT2D eigenvalue weighted by molar-refractivity contribution is 5.97. The largest absolute Gasteiger partial charge is 0.480 e. The summed E-state index contributed by atoms with van der Waals surface area (Å²) in [6, 6.07) is 21.2. The molecule has 0 saturated carbocycles. The van der Waals surface area contributed by atoms with Crippen LogP contribution in [-0.4, -0.2) is 104 Å². The molecule has 6 amide bonds. The number of aromatic nitrogens is 3. The number of H-pyrrole nitrogens is 2. The minimum atomic E-state index is -1.36. The van der Waals surface area contributed by atoms with Gasteiger partial charge in [-0.1, -0.05) is 84.9 Å². The van der Waals surface area contributed by atoms with Crippen LogP contribution >= 0.6 is 0 Å². The molecule has 0 aliphatic heterocycles. The highest BCUT2D eigenvalue weighted by Crippen LogP contribution is 2.23. The number of para-hydroxylation sites is 1. The smallest absolute Gasteiger partial charge is 0.326 e. The Morgan fingerprint density at radius 2 is 1.34 bits per heavy atom. The van der Waals surface area contributed by atoms with Crippen LogP contribution in [0.15, 0.2) is 116 Å². The summed E-state index contributed by atoms with van der Waals surface area (Å²) in [5.74, 6) is -5.21. The van der Waals surface area contributed by atoms with E-state index in [1.807, 2.05) is 54.6 Å². The molecule has 6 aromatic rings. The molecule has 0 fully saturated rings. The van der Waals surface area contributed by atoms with Crippen LogP contribution in [0.1, 0.15) is 68.0 Å². The maximum absolute atomic E-state index is 14.4. The Morgan fingerprint density at radius 1 is 0.657 bits per heavy atom. The Balaban J connectivity index is 1.23. The molecule has 0 saturated heterocycles. The summed E-state index contributed by atoms with van der Waals surface area (Å²) in [5, 5.41) is 28.9. The first kappa shape index (κ1) is 51.5.